The van der Waals surface area contributed by atoms with Crippen LogP contribution >= 0.6 is 0 Å². The number of hydrogen-bond donors (Lipinski definition) is 0. The van der Waals surface area contributed by atoms with Crippen molar-refractivity contribution < 1.29 is 9.66 Å². The van der Waals surface area contributed by atoms with Crippen molar-refractivity contribution >= 4 is 5.69 Å². The van der Waals surface area contributed by atoms with Gasteiger partial charge in [0.2, 0.25) is 0 Å². The van der Waals surface area contributed by atoms with Crippen LogP contribution in [0.2, 0.25) is 0 Å². The van der Waals surface area contributed by atoms with Gasteiger partial charge in [0.25, 0.3) is 5.56 Å². The Morgan fingerprint density at radius 2 is 1.87 bits per heavy atom. The van der Waals surface area contributed by atoms with Crippen LogP contribution in [-0.4, -0.2) is 14.1 Å². The fraction of sp³-hybridized carbons (Fsp3) is 0.333. The molecule has 1 heterocycles. The lowest BCUT2D eigenvalue weighted by atomic mass is 10.1. The van der Waals surface area contributed by atoms with Crippen molar-refractivity contribution in [3.8, 4) is 5.75 Å². The number of ether oxygens (including phenoxy) is 1. The molecule has 0 radical (unpaired) electrons. The van der Waals surface area contributed by atoms with E-state index in [1.807, 2.05) is 6.92 Å². The third kappa shape index (κ3) is 3.31. The number of aryl methyl sites for hydroxylation is 1. The van der Waals surface area contributed by atoms with E-state index in [9.17, 15) is 19.7 Å². The average molecular weight is 319 g/mol. The fourth-order valence-corrected chi connectivity index (χ4v) is 2.12. The maximum absolute atomic E-state index is 11.8. The van der Waals surface area contributed by atoms with Crippen LogP contribution in [0, 0.1) is 10.1 Å². The number of rotatable bonds is 5. The summed E-state index contributed by atoms with van der Waals surface area (Å²) in [5.41, 5.74) is 0.0876. The zero-order valence-corrected chi connectivity index (χ0v) is 13.1. The summed E-state index contributed by atoms with van der Waals surface area (Å²) in [4.78, 5) is 34.1. The number of nitro benzene ring substituents is 1. The van der Waals surface area contributed by atoms with Crippen molar-refractivity contribution in [3.63, 3.8) is 0 Å². The van der Waals surface area contributed by atoms with E-state index >= 15 is 0 Å². The van der Waals surface area contributed by atoms with Gasteiger partial charge in [0, 0.05) is 26.2 Å². The molecule has 0 amide bonds. The third-order valence-electron chi connectivity index (χ3n) is 3.63. The molecule has 0 saturated carbocycles. The summed E-state index contributed by atoms with van der Waals surface area (Å²) in [7, 11) is 2.89. The van der Waals surface area contributed by atoms with Crippen molar-refractivity contribution in [1.82, 2.24) is 9.13 Å². The molecule has 0 aliphatic carbocycles. The summed E-state index contributed by atoms with van der Waals surface area (Å²) in [6, 6.07) is 5.99. The minimum atomic E-state index is -0.516. The molecule has 0 atom stereocenters. The molecule has 0 aliphatic rings. The number of aromatic nitrogens is 2. The summed E-state index contributed by atoms with van der Waals surface area (Å²) in [5.74, 6) is 0.0975. The fourth-order valence-electron chi connectivity index (χ4n) is 2.12. The second kappa shape index (κ2) is 6.47. The van der Waals surface area contributed by atoms with Gasteiger partial charge in [-0.05, 0) is 18.1 Å². The van der Waals surface area contributed by atoms with E-state index in [0.29, 0.717) is 12.1 Å². The molecular formula is C15H17N3O5. The molecular weight excluding hydrogens is 302 g/mol. The maximum Gasteiger partial charge on any atom is 0.330 e. The largest absolute Gasteiger partial charge is 0.480 e. The van der Waals surface area contributed by atoms with E-state index < -0.39 is 16.2 Å². The summed E-state index contributed by atoms with van der Waals surface area (Å²) < 4.78 is 7.71. The van der Waals surface area contributed by atoms with Crippen molar-refractivity contribution in [2.45, 2.75) is 20.0 Å². The molecule has 1 aromatic heterocycles. The topological polar surface area (TPSA) is 96.4 Å². The highest BCUT2D eigenvalue weighted by Gasteiger charge is 2.16. The van der Waals surface area contributed by atoms with E-state index in [2.05, 4.69) is 0 Å². The first-order chi connectivity index (χ1) is 10.8. The smallest absolute Gasteiger partial charge is 0.330 e. The van der Waals surface area contributed by atoms with Gasteiger partial charge in [-0.3, -0.25) is 24.0 Å². The van der Waals surface area contributed by atoms with Crippen LogP contribution in [-0.2, 0) is 27.1 Å². The molecule has 122 valence electrons. The molecule has 23 heavy (non-hydrogen) atoms. The Hall–Kier alpha value is -2.90. The number of benzene rings is 1. The zero-order valence-electron chi connectivity index (χ0n) is 13.1. The Labute approximate surface area is 131 Å². The number of nitro groups is 1. The van der Waals surface area contributed by atoms with Crippen LogP contribution in [0.15, 0.2) is 33.9 Å². The summed E-state index contributed by atoms with van der Waals surface area (Å²) in [6.45, 7) is 1.78. The molecule has 0 spiro atoms. The van der Waals surface area contributed by atoms with Gasteiger partial charge in [-0.2, -0.15) is 0 Å². The van der Waals surface area contributed by atoms with Crippen LogP contribution < -0.4 is 16.0 Å². The molecule has 2 aromatic rings. The predicted molar refractivity (Wildman–Crippen MR) is 83.7 cm³/mol. The Kier molecular flexibility index (Phi) is 4.63. The highest BCUT2D eigenvalue weighted by molar-refractivity contribution is 5.48. The van der Waals surface area contributed by atoms with E-state index in [-0.39, 0.29) is 18.0 Å². The summed E-state index contributed by atoms with van der Waals surface area (Å²) >= 11 is 0. The molecule has 0 unspecified atom stereocenters. The van der Waals surface area contributed by atoms with Gasteiger partial charge in [-0.1, -0.05) is 13.0 Å². The Morgan fingerprint density at radius 3 is 2.48 bits per heavy atom. The number of nitrogens with zero attached hydrogens (tertiary/aromatic N) is 3. The van der Waals surface area contributed by atoms with Crippen molar-refractivity contribution in [2.24, 2.45) is 14.1 Å². The third-order valence-corrected chi connectivity index (χ3v) is 3.63. The first-order valence-corrected chi connectivity index (χ1v) is 7.01. The molecule has 1 aromatic carbocycles. The lowest BCUT2D eigenvalue weighted by Crippen LogP contribution is -2.38. The predicted octanol–water partition coefficient (Wildman–Crippen LogP) is 1.13. The highest BCUT2D eigenvalue weighted by Crippen LogP contribution is 2.28. The van der Waals surface area contributed by atoms with Gasteiger partial charge in [0.05, 0.1) is 10.6 Å². The quantitative estimate of drug-likeness (QED) is 0.608. The Balaban J connectivity index is 2.34. The van der Waals surface area contributed by atoms with Crippen LogP contribution in [0.1, 0.15) is 18.2 Å². The Morgan fingerprint density at radius 1 is 1.17 bits per heavy atom. The van der Waals surface area contributed by atoms with Crippen LogP contribution in [0.4, 0.5) is 5.69 Å². The Bertz CT molecular complexity index is 866. The SMILES string of the molecule is CCc1ccc(OCc2cc(=O)n(C)c(=O)n2C)c([N+](=O)[O-])c1. The van der Waals surface area contributed by atoms with Crippen molar-refractivity contribution in [1.29, 1.82) is 0 Å². The molecule has 0 N–H and O–H groups in total. The van der Waals surface area contributed by atoms with Gasteiger partial charge in [-0.25, -0.2) is 4.79 Å². The normalized spacial score (nSPS) is 10.6. The van der Waals surface area contributed by atoms with Crippen molar-refractivity contribution in [2.75, 3.05) is 0 Å². The molecule has 0 bridgehead atoms. The number of hydrogen-bond acceptors (Lipinski definition) is 5. The van der Waals surface area contributed by atoms with E-state index in [1.54, 1.807) is 6.07 Å². The molecule has 0 saturated heterocycles. The summed E-state index contributed by atoms with van der Waals surface area (Å²) in [6.07, 6.45) is 0.671. The second-order valence-corrected chi connectivity index (χ2v) is 5.08. The van der Waals surface area contributed by atoms with Gasteiger partial charge >= 0.3 is 11.4 Å². The zero-order chi connectivity index (χ0) is 17.1. The van der Waals surface area contributed by atoms with Crippen LogP contribution in [0.3, 0.4) is 0 Å². The van der Waals surface area contributed by atoms with E-state index in [0.717, 1.165) is 10.1 Å². The molecule has 8 heteroatoms. The van der Waals surface area contributed by atoms with Gasteiger partial charge < -0.3 is 4.74 Å². The summed E-state index contributed by atoms with van der Waals surface area (Å²) in [5, 5.41) is 11.1. The molecule has 2 rings (SSSR count). The van der Waals surface area contributed by atoms with Gasteiger partial charge in [0.15, 0.2) is 5.75 Å². The lowest BCUT2D eigenvalue weighted by Gasteiger charge is -2.11. The lowest BCUT2D eigenvalue weighted by molar-refractivity contribution is -0.386. The second-order valence-electron chi connectivity index (χ2n) is 5.08. The van der Waals surface area contributed by atoms with E-state index in [4.69, 9.17) is 4.74 Å². The monoisotopic (exact) mass is 319 g/mol. The minimum absolute atomic E-state index is 0.0975. The first kappa shape index (κ1) is 16.5. The minimum Gasteiger partial charge on any atom is -0.480 e. The van der Waals surface area contributed by atoms with Crippen LogP contribution in [0.5, 0.6) is 5.75 Å². The maximum atomic E-state index is 11.8. The van der Waals surface area contributed by atoms with E-state index in [1.165, 1.54) is 36.9 Å². The first-order valence-electron chi connectivity index (χ1n) is 7.01. The van der Waals surface area contributed by atoms with Gasteiger partial charge in [0.1, 0.15) is 6.61 Å². The van der Waals surface area contributed by atoms with Crippen LogP contribution in [0.25, 0.3) is 0 Å². The molecule has 8 nitrogen and oxygen atoms in total. The van der Waals surface area contributed by atoms with Crippen molar-refractivity contribution in [3.05, 3.63) is 66.5 Å². The molecule has 0 aliphatic heterocycles. The average Bonchev–Trinajstić information content (AvgIpc) is 2.54. The van der Waals surface area contributed by atoms with Gasteiger partial charge in [-0.15, -0.1) is 0 Å². The molecule has 0 fully saturated rings. The highest BCUT2D eigenvalue weighted by atomic mass is 16.6. The standard InChI is InChI=1S/C15H17N3O5/c1-4-10-5-6-13(12(7-10)18(21)22)23-9-11-8-14(19)17(3)15(20)16(11)2/h5-8H,4,9H2,1-3H3.